The van der Waals surface area contributed by atoms with E-state index in [0.29, 0.717) is 24.8 Å². The third kappa shape index (κ3) is 5.02. The molecule has 19 heavy (non-hydrogen) atoms. The van der Waals surface area contributed by atoms with E-state index in [1.165, 1.54) is 12.1 Å². The second-order valence-corrected chi connectivity index (χ2v) is 4.52. The van der Waals surface area contributed by atoms with Gasteiger partial charge in [0.1, 0.15) is 12.4 Å². The number of carbonyl (C=O) groups is 1. The van der Waals surface area contributed by atoms with E-state index in [0.717, 1.165) is 0 Å². The van der Waals surface area contributed by atoms with E-state index in [2.05, 4.69) is 25.1 Å². The van der Waals surface area contributed by atoms with Gasteiger partial charge in [0.05, 0.1) is 11.6 Å². The van der Waals surface area contributed by atoms with E-state index < -0.39 is 5.97 Å². The van der Waals surface area contributed by atoms with Gasteiger partial charge < -0.3 is 15.2 Å². The van der Waals surface area contributed by atoms with Crippen LogP contribution in [0, 0.1) is 18.3 Å². The van der Waals surface area contributed by atoms with E-state index >= 15 is 0 Å². The Balaban J connectivity index is 2.40. The topological polar surface area (TPSA) is 58.6 Å². The van der Waals surface area contributed by atoms with Crippen LogP contribution < -0.4 is 10.1 Å². The Morgan fingerprint density at radius 2 is 2.26 bits per heavy atom. The Morgan fingerprint density at radius 3 is 2.84 bits per heavy atom. The molecular weight excluding hydrogens is 242 g/mol. The van der Waals surface area contributed by atoms with Gasteiger partial charge in [0.25, 0.3) is 0 Å². The van der Waals surface area contributed by atoms with Crippen LogP contribution in [-0.2, 0) is 0 Å². The van der Waals surface area contributed by atoms with Crippen LogP contribution in [0.2, 0.25) is 0 Å². The molecule has 1 atom stereocenters. The molecule has 1 aromatic rings. The van der Waals surface area contributed by atoms with Gasteiger partial charge in [-0.25, -0.2) is 4.79 Å². The predicted octanol–water partition coefficient (Wildman–Crippen LogP) is 2.01. The molecule has 0 saturated heterocycles. The fourth-order valence-electron chi connectivity index (χ4n) is 1.59. The molecule has 0 amide bonds. The number of carboxylic acids is 1. The number of nitrogens with one attached hydrogen (secondary N) is 1. The van der Waals surface area contributed by atoms with Crippen LogP contribution in [0.4, 0.5) is 0 Å². The van der Waals surface area contributed by atoms with Gasteiger partial charge in [-0.15, -0.1) is 6.42 Å². The summed E-state index contributed by atoms with van der Waals surface area (Å²) in [5.74, 6) is 2.62. The maximum Gasteiger partial charge on any atom is 0.335 e. The van der Waals surface area contributed by atoms with Crippen LogP contribution in [0.3, 0.4) is 0 Å². The summed E-state index contributed by atoms with van der Waals surface area (Å²) in [6.45, 7) is 5.15. The molecule has 1 unspecified atom stereocenters. The molecule has 2 N–H and O–H groups in total. The first-order chi connectivity index (χ1) is 9.04. The molecule has 102 valence electrons. The van der Waals surface area contributed by atoms with Crippen LogP contribution in [0.25, 0.3) is 0 Å². The fourth-order valence-corrected chi connectivity index (χ4v) is 1.59. The summed E-state index contributed by atoms with van der Waals surface area (Å²) in [5.41, 5.74) is 0.217. The standard InChI is InChI=1S/C15H19NO3/c1-4-14(11(2)3)16-8-9-19-13-7-5-6-12(10-13)15(17)18/h1,5-7,10-11,14,16H,8-9H2,2-3H3,(H,17,18). The molecule has 1 rings (SSSR count). The molecule has 0 radical (unpaired) electrons. The number of ether oxygens (including phenoxy) is 1. The monoisotopic (exact) mass is 261 g/mol. The Labute approximate surface area is 113 Å². The minimum Gasteiger partial charge on any atom is -0.492 e. The number of rotatable bonds is 7. The number of aromatic carboxylic acids is 1. The van der Waals surface area contributed by atoms with E-state index in [9.17, 15) is 4.79 Å². The maximum absolute atomic E-state index is 10.8. The van der Waals surface area contributed by atoms with E-state index in [-0.39, 0.29) is 11.6 Å². The summed E-state index contributed by atoms with van der Waals surface area (Å²) in [5, 5.41) is 12.1. The third-order valence-electron chi connectivity index (χ3n) is 2.66. The van der Waals surface area contributed by atoms with Crippen molar-refractivity contribution in [3.63, 3.8) is 0 Å². The molecule has 4 nitrogen and oxygen atoms in total. The molecule has 0 aliphatic carbocycles. The zero-order valence-electron chi connectivity index (χ0n) is 11.2. The van der Waals surface area contributed by atoms with Gasteiger partial charge in [-0.3, -0.25) is 0 Å². The Morgan fingerprint density at radius 1 is 1.53 bits per heavy atom. The number of terminal acetylenes is 1. The predicted molar refractivity (Wildman–Crippen MR) is 74.4 cm³/mol. The lowest BCUT2D eigenvalue weighted by Crippen LogP contribution is -2.35. The van der Waals surface area contributed by atoms with Crippen molar-refractivity contribution in [3.8, 4) is 18.1 Å². The minimum atomic E-state index is -0.962. The summed E-state index contributed by atoms with van der Waals surface area (Å²) in [4.78, 5) is 10.8. The van der Waals surface area contributed by atoms with Gasteiger partial charge in [0.2, 0.25) is 0 Å². The first kappa shape index (κ1) is 15.1. The first-order valence-electron chi connectivity index (χ1n) is 6.20. The molecule has 0 aliphatic rings. The molecule has 0 aromatic heterocycles. The fraction of sp³-hybridized carbons (Fsp3) is 0.400. The summed E-state index contributed by atoms with van der Waals surface area (Å²) in [6, 6.07) is 6.44. The highest BCUT2D eigenvalue weighted by Crippen LogP contribution is 2.13. The van der Waals surface area contributed by atoms with Crippen LogP contribution >= 0.6 is 0 Å². The molecule has 4 heteroatoms. The normalized spacial score (nSPS) is 11.9. The molecule has 0 aliphatic heterocycles. The first-order valence-corrected chi connectivity index (χ1v) is 6.20. The van der Waals surface area contributed by atoms with Crippen molar-refractivity contribution >= 4 is 5.97 Å². The Bertz CT molecular complexity index is 463. The molecule has 0 fully saturated rings. The number of hydrogen-bond donors (Lipinski definition) is 2. The Kier molecular flexibility index (Phi) is 5.91. The maximum atomic E-state index is 10.8. The number of benzene rings is 1. The summed E-state index contributed by atoms with van der Waals surface area (Å²) in [7, 11) is 0. The molecule has 0 heterocycles. The molecule has 0 saturated carbocycles. The van der Waals surface area contributed by atoms with Crippen molar-refractivity contribution in [2.45, 2.75) is 19.9 Å². The zero-order valence-corrected chi connectivity index (χ0v) is 11.2. The molecular formula is C15H19NO3. The molecule has 0 bridgehead atoms. The van der Waals surface area contributed by atoms with Crippen molar-refractivity contribution in [1.29, 1.82) is 0 Å². The highest BCUT2D eigenvalue weighted by molar-refractivity contribution is 5.87. The molecule has 0 spiro atoms. The van der Waals surface area contributed by atoms with Crippen LogP contribution in [0.15, 0.2) is 24.3 Å². The minimum absolute atomic E-state index is 0.0222. The van der Waals surface area contributed by atoms with E-state index in [4.69, 9.17) is 16.3 Å². The average Bonchev–Trinajstić information content (AvgIpc) is 2.38. The van der Waals surface area contributed by atoms with Gasteiger partial charge in [-0.2, -0.15) is 0 Å². The highest BCUT2D eigenvalue weighted by atomic mass is 16.5. The second-order valence-electron chi connectivity index (χ2n) is 4.52. The van der Waals surface area contributed by atoms with Crippen molar-refractivity contribution in [2.24, 2.45) is 5.92 Å². The van der Waals surface area contributed by atoms with Crippen molar-refractivity contribution in [3.05, 3.63) is 29.8 Å². The SMILES string of the molecule is C#CC(NCCOc1cccc(C(=O)O)c1)C(C)C. The lowest BCUT2D eigenvalue weighted by Gasteiger charge is -2.16. The average molecular weight is 261 g/mol. The van der Waals surface area contributed by atoms with Gasteiger partial charge in [-0.05, 0) is 24.1 Å². The van der Waals surface area contributed by atoms with Gasteiger partial charge in [0.15, 0.2) is 0 Å². The van der Waals surface area contributed by atoms with Gasteiger partial charge >= 0.3 is 5.97 Å². The Hall–Kier alpha value is -1.99. The third-order valence-corrected chi connectivity index (χ3v) is 2.66. The van der Waals surface area contributed by atoms with Crippen LogP contribution in [-0.4, -0.2) is 30.3 Å². The van der Waals surface area contributed by atoms with Crippen LogP contribution in [0.5, 0.6) is 5.75 Å². The van der Waals surface area contributed by atoms with Crippen molar-refractivity contribution < 1.29 is 14.6 Å². The van der Waals surface area contributed by atoms with Gasteiger partial charge in [-0.1, -0.05) is 25.8 Å². The lowest BCUT2D eigenvalue weighted by molar-refractivity contribution is 0.0696. The smallest absolute Gasteiger partial charge is 0.335 e. The summed E-state index contributed by atoms with van der Waals surface area (Å²) >= 11 is 0. The van der Waals surface area contributed by atoms with Crippen LogP contribution in [0.1, 0.15) is 24.2 Å². The van der Waals surface area contributed by atoms with E-state index in [1.54, 1.807) is 12.1 Å². The van der Waals surface area contributed by atoms with Crippen molar-refractivity contribution in [1.82, 2.24) is 5.32 Å². The summed E-state index contributed by atoms with van der Waals surface area (Å²) in [6.07, 6.45) is 5.40. The quantitative estimate of drug-likeness (QED) is 0.582. The zero-order chi connectivity index (χ0) is 14.3. The second kappa shape index (κ2) is 7.45. The number of carboxylic acid groups (broad SMARTS) is 1. The number of hydrogen-bond acceptors (Lipinski definition) is 3. The van der Waals surface area contributed by atoms with E-state index in [1.807, 2.05) is 0 Å². The van der Waals surface area contributed by atoms with Gasteiger partial charge in [0, 0.05) is 6.54 Å². The summed E-state index contributed by atoms with van der Waals surface area (Å²) < 4.78 is 5.48. The highest BCUT2D eigenvalue weighted by Gasteiger charge is 2.08. The van der Waals surface area contributed by atoms with Crippen molar-refractivity contribution in [2.75, 3.05) is 13.2 Å². The molecule has 1 aromatic carbocycles. The lowest BCUT2D eigenvalue weighted by atomic mass is 10.1. The largest absolute Gasteiger partial charge is 0.492 e.